The van der Waals surface area contributed by atoms with Gasteiger partial charge in [-0.25, -0.2) is 4.79 Å². The van der Waals surface area contributed by atoms with Crippen LogP contribution in [0.4, 0.5) is 0 Å². The smallest absolute Gasteiger partial charge is 0.337 e. The van der Waals surface area contributed by atoms with Crippen molar-refractivity contribution in [1.82, 2.24) is 0 Å². The fourth-order valence-electron chi connectivity index (χ4n) is 1.35. The number of ketones is 1. The number of thiol groups is 1. The molecule has 1 aromatic rings. The Morgan fingerprint density at radius 1 is 1.44 bits per heavy atom. The summed E-state index contributed by atoms with van der Waals surface area (Å²) >= 11 is 4.06. The van der Waals surface area contributed by atoms with E-state index in [1.165, 1.54) is 13.0 Å². The summed E-state index contributed by atoms with van der Waals surface area (Å²) in [5.41, 5.74) is 0.871. The van der Waals surface area contributed by atoms with E-state index in [0.717, 1.165) is 0 Å². The molecule has 1 aromatic carbocycles. The first-order valence-electron chi connectivity index (χ1n) is 4.64. The Bertz CT molecular complexity index is 428. The van der Waals surface area contributed by atoms with Crippen molar-refractivity contribution in [1.29, 1.82) is 0 Å². The molecule has 16 heavy (non-hydrogen) atoms. The quantitative estimate of drug-likeness (QED) is 0.692. The molecule has 0 saturated carbocycles. The normalized spacial score (nSPS) is 12.2. The lowest BCUT2D eigenvalue weighted by molar-refractivity contribution is -0.147. The number of Topliss-reactive ketones (excluding diaryl/α,β-unsaturated/α-hetero) is 1. The Labute approximate surface area is 98.3 Å². The van der Waals surface area contributed by atoms with Gasteiger partial charge >= 0.3 is 5.97 Å². The highest BCUT2D eigenvalue weighted by Crippen LogP contribution is 2.23. The van der Waals surface area contributed by atoms with Crippen molar-refractivity contribution in [3.8, 4) is 0 Å². The number of carboxylic acid groups (broad SMARTS) is 1. The highest BCUT2D eigenvalue weighted by atomic mass is 32.1. The van der Waals surface area contributed by atoms with Gasteiger partial charge < -0.3 is 10.2 Å². The van der Waals surface area contributed by atoms with Crippen LogP contribution in [0.15, 0.2) is 23.1 Å². The highest BCUT2D eigenvalue weighted by Gasteiger charge is 2.18. The first kappa shape index (κ1) is 12.7. The predicted molar refractivity (Wildman–Crippen MR) is 60.7 cm³/mol. The molecular weight excluding hydrogens is 228 g/mol. The molecule has 1 atom stereocenters. The maximum absolute atomic E-state index is 10.9. The number of carbonyl (C=O) groups excluding carboxylic acids is 1. The number of hydrogen-bond donors (Lipinski definition) is 3. The molecule has 5 heteroatoms. The molecule has 0 amide bonds. The summed E-state index contributed by atoms with van der Waals surface area (Å²) in [4.78, 5) is 21.9. The van der Waals surface area contributed by atoms with E-state index >= 15 is 0 Å². The molecule has 4 nitrogen and oxygen atoms in total. The number of aliphatic hydroxyl groups excluding tert-OH is 1. The molecule has 2 N–H and O–H groups in total. The van der Waals surface area contributed by atoms with E-state index in [4.69, 9.17) is 5.11 Å². The Morgan fingerprint density at radius 2 is 2.06 bits per heavy atom. The van der Waals surface area contributed by atoms with Crippen LogP contribution in [-0.2, 0) is 16.0 Å². The first-order chi connectivity index (χ1) is 7.41. The van der Waals surface area contributed by atoms with Crippen LogP contribution in [0.1, 0.15) is 24.2 Å². The third kappa shape index (κ3) is 3.08. The summed E-state index contributed by atoms with van der Waals surface area (Å²) in [5.74, 6) is -1.36. The van der Waals surface area contributed by atoms with Crippen molar-refractivity contribution in [2.24, 2.45) is 0 Å². The zero-order valence-electron chi connectivity index (χ0n) is 8.67. The van der Waals surface area contributed by atoms with Gasteiger partial charge in [-0.3, -0.25) is 4.79 Å². The minimum Gasteiger partial charge on any atom is -0.479 e. The Morgan fingerprint density at radius 3 is 2.56 bits per heavy atom. The van der Waals surface area contributed by atoms with Crippen LogP contribution < -0.4 is 0 Å². The monoisotopic (exact) mass is 240 g/mol. The number of benzene rings is 1. The lowest BCUT2D eigenvalue weighted by atomic mass is 10.0. The number of rotatable bonds is 4. The van der Waals surface area contributed by atoms with Gasteiger partial charge in [-0.15, -0.1) is 12.6 Å². The number of carboxylic acids is 1. The van der Waals surface area contributed by atoms with E-state index < -0.39 is 12.1 Å². The third-order valence-electron chi connectivity index (χ3n) is 2.07. The van der Waals surface area contributed by atoms with Gasteiger partial charge in [-0.1, -0.05) is 12.1 Å². The maximum Gasteiger partial charge on any atom is 0.337 e. The molecule has 0 aromatic heterocycles. The van der Waals surface area contributed by atoms with Crippen LogP contribution >= 0.6 is 12.6 Å². The maximum atomic E-state index is 10.9. The van der Waals surface area contributed by atoms with E-state index in [1.54, 1.807) is 12.1 Å². The SMILES string of the molecule is CC(=O)Cc1ccc(S)c(C(O)C(=O)O)c1. The van der Waals surface area contributed by atoms with Crippen LogP contribution in [0, 0.1) is 0 Å². The summed E-state index contributed by atoms with van der Waals surface area (Å²) in [7, 11) is 0. The molecule has 0 fully saturated rings. The summed E-state index contributed by atoms with van der Waals surface area (Å²) in [6.45, 7) is 1.45. The van der Waals surface area contributed by atoms with E-state index in [2.05, 4.69) is 12.6 Å². The number of aliphatic hydroxyl groups is 1. The highest BCUT2D eigenvalue weighted by molar-refractivity contribution is 7.80. The van der Waals surface area contributed by atoms with E-state index in [9.17, 15) is 14.7 Å². The molecule has 0 aliphatic carbocycles. The molecule has 0 aliphatic rings. The fourth-order valence-corrected chi connectivity index (χ4v) is 1.61. The van der Waals surface area contributed by atoms with Crippen LogP contribution in [0.2, 0.25) is 0 Å². The molecule has 1 rings (SSSR count). The average molecular weight is 240 g/mol. The van der Waals surface area contributed by atoms with Gasteiger partial charge in [0.15, 0.2) is 6.10 Å². The molecule has 0 radical (unpaired) electrons. The Balaban J connectivity index is 3.08. The summed E-state index contributed by atoms with van der Waals surface area (Å²) in [5, 5.41) is 18.1. The lowest BCUT2D eigenvalue weighted by Gasteiger charge is -2.10. The Kier molecular flexibility index (Phi) is 4.09. The van der Waals surface area contributed by atoms with Gasteiger partial charge in [0, 0.05) is 16.9 Å². The standard InChI is InChI=1S/C11H12O4S/c1-6(12)4-7-2-3-9(16)8(5-7)10(13)11(14)15/h2-3,5,10,13,16H,4H2,1H3,(H,14,15). The van der Waals surface area contributed by atoms with Gasteiger partial charge in [-0.05, 0) is 18.6 Å². The Hall–Kier alpha value is -1.33. The van der Waals surface area contributed by atoms with E-state index in [-0.39, 0.29) is 17.8 Å². The third-order valence-corrected chi connectivity index (χ3v) is 2.48. The zero-order chi connectivity index (χ0) is 12.3. The van der Waals surface area contributed by atoms with Gasteiger partial charge in [0.25, 0.3) is 0 Å². The number of hydrogen-bond acceptors (Lipinski definition) is 4. The van der Waals surface area contributed by atoms with Crippen molar-refractivity contribution in [3.05, 3.63) is 29.3 Å². The van der Waals surface area contributed by atoms with Gasteiger partial charge in [-0.2, -0.15) is 0 Å². The van der Waals surface area contributed by atoms with Gasteiger partial charge in [0.1, 0.15) is 5.78 Å². The second-order valence-electron chi connectivity index (χ2n) is 3.51. The van der Waals surface area contributed by atoms with Crippen LogP contribution in [0.3, 0.4) is 0 Å². The van der Waals surface area contributed by atoms with Gasteiger partial charge in [0.2, 0.25) is 0 Å². The number of aliphatic carboxylic acids is 1. The van der Waals surface area contributed by atoms with Crippen LogP contribution in [-0.4, -0.2) is 22.0 Å². The molecule has 0 bridgehead atoms. The zero-order valence-corrected chi connectivity index (χ0v) is 9.57. The van der Waals surface area contributed by atoms with Crippen LogP contribution in [0.5, 0.6) is 0 Å². The minimum absolute atomic E-state index is 0.0253. The van der Waals surface area contributed by atoms with E-state index in [0.29, 0.717) is 10.5 Å². The average Bonchev–Trinajstić information content (AvgIpc) is 2.19. The topological polar surface area (TPSA) is 74.6 Å². The number of carbonyl (C=O) groups is 2. The van der Waals surface area contributed by atoms with Crippen LogP contribution in [0.25, 0.3) is 0 Å². The summed E-state index contributed by atoms with van der Waals surface area (Å²) in [6, 6.07) is 4.74. The van der Waals surface area contributed by atoms with Crippen molar-refractivity contribution < 1.29 is 19.8 Å². The first-order valence-corrected chi connectivity index (χ1v) is 5.08. The molecule has 86 valence electrons. The van der Waals surface area contributed by atoms with Crippen molar-refractivity contribution in [2.75, 3.05) is 0 Å². The van der Waals surface area contributed by atoms with Crippen molar-refractivity contribution in [3.63, 3.8) is 0 Å². The molecule has 0 spiro atoms. The largest absolute Gasteiger partial charge is 0.479 e. The summed E-state index contributed by atoms with van der Waals surface area (Å²) in [6.07, 6.45) is -1.40. The summed E-state index contributed by atoms with van der Waals surface area (Å²) < 4.78 is 0. The van der Waals surface area contributed by atoms with Gasteiger partial charge in [0.05, 0.1) is 0 Å². The molecule has 0 aliphatic heterocycles. The van der Waals surface area contributed by atoms with E-state index in [1.807, 2.05) is 0 Å². The second-order valence-corrected chi connectivity index (χ2v) is 3.99. The van der Waals surface area contributed by atoms with Crippen molar-refractivity contribution >= 4 is 24.4 Å². The van der Waals surface area contributed by atoms with Crippen molar-refractivity contribution in [2.45, 2.75) is 24.3 Å². The molecule has 1 unspecified atom stereocenters. The molecular formula is C11H12O4S. The second kappa shape index (κ2) is 5.14. The minimum atomic E-state index is -1.61. The fraction of sp³-hybridized carbons (Fsp3) is 0.273. The lowest BCUT2D eigenvalue weighted by Crippen LogP contribution is -2.12. The molecule has 0 heterocycles. The predicted octanol–water partition coefficient (Wildman–Crippen LogP) is 1.22. The molecule has 0 saturated heterocycles.